The van der Waals surface area contributed by atoms with Crippen LogP contribution in [-0.2, 0) is 28.5 Å². The lowest BCUT2D eigenvalue weighted by atomic mass is 9.96. The SMILES string of the molecule is COC1C(n2cc(-c3nc(Cl)cs3)nn2)[C@@H](OC(C)=O)C(COC(C)=O)O[C@@H]1Sc1cnc(C#N)c(Br)c1. The van der Waals surface area contributed by atoms with Gasteiger partial charge in [0.2, 0.25) is 0 Å². The Morgan fingerprint density at radius 1 is 1.34 bits per heavy atom. The third kappa shape index (κ3) is 6.50. The number of pyridine rings is 1. The summed E-state index contributed by atoms with van der Waals surface area (Å²) in [4.78, 5) is 32.8. The van der Waals surface area contributed by atoms with E-state index in [1.807, 2.05) is 6.07 Å². The summed E-state index contributed by atoms with van der Waals surface area (Å²) in [5.41, 5.74) is 0.00640. The van der Waals surface area contributed by atoms with Gasteiger partial charge in [-0.15, -0.1) is 16.4 Å². The Hall–Kier alpha value is -2.61. The molecule has 1 aliphatic rings. The molecule has 0 aliphatic carbocycles. The van der Waals surface area contributed by atoms with Crippen LogP contribution in [0.1, 0.15) is 25.6 Å². The second-order valence-corrected chi connectivity index (χ2v) is 11.2. The highest BCUT2D eigenvalue weighted by molar-refractivity contribution is 9.10. The van der Waals surface area contributed by atoms with Crippen LogP contribution in [0.25, 0.3) is 10.7 Å². The molecule has 3 aromatic heterocycles. The molecule has 200 valence electrons. The van der Waals surface area contributed by atoms with E-state index >= 15 is 0 Å². The highest BCUT2D eigenvalue weighted by Gasteiger charge is 2.50. The normalized spacial score (nSPS) is 23.0. The zero-order chi connectivity index (χ0) is 27.4. The molecule has 0 spiro atoms. The number of carbonyl (C=O) groups excluding carboxylic acids is 2. The quantitative estimate of drug-likeness (QED) is 0.330. The second-order valence-electron chi connectivity index (χ2n) is 7.90. The first kappa shape index (κ1) is 28.4. The number of thioether (sulfide) groups is 1. The van der Waals surface area contributed by atoms with Gasteiger partial charge in [0.25, 0.3) is 0 Å². The van der Waals surface area contributed by atoms with E-state index in [1.165, 1.54) is 54.9 Å². The van der Waals surface area contributed by atoms with Gasteiger partial charge in [-0.05, 0) is 22.0 Å². The summed E-state index contributed by atoms with van der Waals surface area (Å²) in [5.74, 6) is -1.08. The number of nitrogens with zero attached hydrogens (tertiary/aromatic N) is 6. The minimum atomic E-state index is -0.950. The molecule has 1 saturated heterocycles. The van der Waals surface area contributed by atoms with E-state index in [0.29, 0.717) is 25.2 Å². The molecule has 3 unspecified atom stereocenters. The number of rotatable bonds is 8. The van der Waals surface area contributed by atoms with Crippen LogP contribution in [0.15, 0.2) is 33.2 Å². The molecule has 38 heavy (non-hydrogen) atoms. The summed E-state index contributed by atoms with van der Waals surface area (Å²) in [6.45, 7) is 2.36. The van der Waals surface area contributed by atoms with Crippen LogP contribution < -0.4 is 0 Å². The number of hydrogen-bond acceptors (Lipinski definition) is 13. The van der Waals surface area contributed by atoms with Crippen LogP contribution in [-0.4, -0.2) is 74.4 Å². The van der Waals surface area contributed by atoms with Crippen molar-refractivity contribution in [2.75, 3.05) is 13.7 Å². The highest BCUT2D eigenvalue weighted by Crippen LogP contribution is 2.41. The summed E-state index contributed by atoms with van der Waals surface area (Å²) in [6.07, 6.45) is 0.653. The molecular formula is C22H20BrClN6O6S2. The molecule has 12 nitrogen and oxygen atoms in total. The summed E-state index contributed by atoms with van der Waals surface area (Å²) in [6, 6.07) is 3.00. The average Bonchev–Trinajstić information content (AvgIpc) is 3.52. The van der Waals surface area contributed by atoms with Gasteiger partial charge < -0.3 is 18.9 Å². The zero-order valence-corrected chi connectivity index (χ0v) is 24.1. The van der Waals surface area contributed by atoms with E-state index < -0.39 is 41.7 Å². The first-order chi connectivity index (χ1) is 18.2. The third-order valence-electron chi connectivity index (χ3n) is 5.33. The molecule has 0 bridgehead atoms. The number of methoxy groups -OCH3 is 1. The molecule has 4 rings (SSSR count). The molecule has 0 saturated carbocycles. The summed E-state index contributed by atoms with van der Waals surface area (Å²) in [7, 11) is 1.50. The molecule has 0 radical (unpaired) electrons. The van der Waals surface area contributed by atoms with Crippen LogP contribution in [0, 0.1) is 11.3 Å². The van der Waals surface area contributed by atoms with Crippen LogP contribution >= 0.6 is 50.6 Å². The minimum absolute atomic E-state index is 0.184. The highest BCUT2D eigenvalue weighted by atomic mass is 79.9. The number of aromatic nitrogens is 5. The Labute approximate surface area is 238 Å². The largest absolute Gasteiger partial charge is 0.463 e. The lowest BCUT2D eigenvalue weighted by molar-refractivity contribution is -0.208. The number of hydrogen-bond donors (Lipinski definition) is 0. The number of ether oxygens (including phenoxy) is 4. The predicted molar refractivity (Wildman–Crippen MR) is 139 cm³/mol. The van der Waals surface area contributed by atoms with Gasteiger partial charge in [-0.25, -0.2) is 14.6 Å². The summed E-state index contributed by atoms with van der Waals surface area (Å²) < 4.78 is 25.1. The number of carbonyl (C=O) groups is 2. The third-order valence-corrected chi connectivity index (χ3v) is 8.23. The molecule has 4 heterocycles. The summed E-state index contributed by atoms with van der Waals surface area (Å²) in [5, 5.41) is 20.3. The van der Waals surface area contributed by atoms with Crippen molar-refractivity contribution in [3.63, 3.8) is 0 Å². The van der Waals surface area contributed by atoms with Crippen molar-refractivity contribution in [2.45, 2.75) is 48.5 Å². The Morgan fingerprint density at radius 2 is 2.13 bits per heavy atom. The lowest BCUT2D eigenvalue weighted by Gasteiger charge is -2.44. The van der Waals surface area contributed by atoms with E-state index in [4.69, 9.17) is 30.5 Å². The van der Waals surface area contributed by atoms with Gasteiger partial charge in [-0.1, -0.05) is 28.6 Å². The van der Waals surface area contributed by atoms with Crippen molar-refractivity contribution in [3.05, 3.63) is 39.2 Å². The van der Waals surface area contributed by atoms with Crippen molar-refractivity contribution in [1.29, 1.82) is 5.26 Å². The van der Waals surface area contributed by atoms with E-state index in [-0.39, 0.29) is 12.3 Å². The van der Waals surface area contributed by atoms with Gasteiger partial charge in [0.1, 0.15) is 52.2 Å². The molecule has 0 aromatic carbocycles. The standard InChI is InChI=1S/C22H20BrClN6O6S2/c1-10(31)34-8-16-19(35-11(2)32)18(30-7-15(28-29-30)21-27-17(24)9-37-21)20(33-3)22(36-16)38-12-4-13(23)14(5-25)26-6-12/h4,6-7,9,16,18-20,22H,8H2,1-3H3/t16?,18?,19-,20?,22+/m0/s1. The second kappa shape index (κ2) is 12.5. The van der Waals surface area contributed by atoms with Crippen LogP contribution in [0.2, 0.25) is 5.15 Å². The van der Waals surface area contributed by atoms with Crippen molar-refractivity contribution in [2.24, 2.45) is 0 Å². The summed E-state index contributed by atoms with van der Waals surface area (Å²) >= 11 is 11.9. The van der Waals surface area contributed by atoms with Crippen molar-refractivity contribution in [1.82, 2.24) is 25.0 Å². The molecule has 1 fully saturated rings. The average molecular weight is 644 g/mol. The molecule has 1 aliphatic heterocycles. The molecular weight excluding hydrogens is 624 g/mol. The maximum atomic E-state index is 12.1. The monoisotopic (exact) mass is 642 g/mol. The van der Waals surface area contributed by atoms with Crippen molar-refractivity contribution >= 4 is 62.6 Å². The van der Waals surface area contributed by atoms with E-state index in [9.17, 15) is 14.9 Å². The zero-order valence-electron chi connectivity index (χ0n) is 20.1. The molecule has 5 atom stereocenters. The fourth-order valence-electron chi connectivity index (χ4n) is 3.81. The fourth-order valence-corrected chi connectivity index (χ4v) is 6.46. The Bertz CT molecular complexity index is 1370. The molecule has 3 aromatic rings. The van der Waals surface area contributed by atoms with Crippen molar-refractivity contribution in [3.8, 4) is 16.8 Å². The first-order valence-electron chi connectivity index (χ1n) is 10.9. The van der Waals surface area contributed by atoms with Crippen LogP contribution in [0.4, 0.5) is 0 Å². The van der Waals surface area contributed by atoms with E-state index in [0.717, 1.165) is 0 Å². The Balaban J connectivity index is 1.74. The van der Waals surface area contributed by atoms with Gasteiger partial charge in [0.05, 0.1) is 10.7 Å². The van der Waals surface area contributed by atoms with Crippen LogP contribution in [0.5, 0.6) is 0 Å². The molecule has 16 heteroatoms. The van der Waals surface area contributed by atoms with Crippen molar-refractivity contribution < 1.29 is 28.5 Å². The maximum Gasteiger partial charge on any atom is 0.303 e. The smallest absolute Gasteiger partial charge is 0.303 e. The first-order valence-corrected chi connectivity index (χ1v) is 13.9. The topological polar surface area (TPSA) is 151 Å². The molecule has 0 N–H and O–H groups in total. The van der Waals surface area contributed by atoms with Crippen LogP contribution in [0.3, 0.4) is 0 Å². The van der Waals surface area contributed by atoms with E-state index in [2.05, 4.69) is 36.2 Å². The van der Waals surface area contributed by atoms with Gasteiger partial charge in [-0.2, -0.15) is 5.26 Å². The van der Waals surface area contributed by atoms with Gasteiger partial charge in [0.15, 0.2) is 11.8 Å². The minimum Gasteiger partial charge on any atom is -0.463 e. The maximum absolute atomic E-state index is 12.1. The Kier molecular flexibility index (Phi) is 9.34. The number of halogens is 2. The lowest BCUT2D eigenvalue weighted by Crippen LogP contribution is -2.57. The number of thiazole rings is 1. The van der Waals surface area contributed by atoms with Gasteiger partial charge in [0, 0.05) is 37.4 Å². The van der Waals surface area contributed by atoms with Gasteiger partial charge >= 0.3 is 11.9 Å². The Morgan fingerprint density at radius 3 is 2.74 bits per heavy atom. The molecule has 0 amide bonds. The fraction of sp³-hybridized carbons (Fsp3) is 0.409. The number of esters is 2. The van der Waals surface area contributed by atoms with E-state index in [1.54, 1.807) is 17.6 Å². The van der Waals surface area contributed by atoms with Gasteiger partial charge in [-0.3, -0.25) is 9.59 Å². The predicted octanol–water partition coefficient (Wildman–Crippen LogP) is 3.65. The number of nitriles is 1.